The number of rotatable bonds is 3. The second-order valence-corrected chi connectivity index (χ2v) is 6.18. The van der Waals surface area contributed by atoms with Gasteiger partial charge in [0.15, 0.2) is 5.11 Å². The standard InChI is InChI=1S/C16H24N4S/c1-11-5-3-4-6-15(11)18-16(21)20-19-12(2)13-7-9-14(17)10-8-13/h7-11,15H,3-6,17H2,1-2H3,(H2,18,20,21)/b19-12-/t11-,15-/m0/s1. The molecule has 1 saturated carbocycles. The molecule has 2 rings (SSSR count). The number of nitrogens with one attached hydrogen (secondary N) is 2. The van der Waals surface area contributed by atoms with E-state index in [1.54, 1.807) is 0 Å². The van der Waals surface area contributed by atoms with Crippen LogP contribution in [0, 0.1) is 5.92 Å². The lowest BCUT2D eigenvalue weighted by molar-refractivity contribution is 0.308. The molecule has 0 radical (unpaired) electrons. The number of hydrazone groups is 1. The fourth-order valence-electron chi connectivity index (χ4n) is 2.65. The molecule has 1 fully saturated rings. The summed E-state index contributed by atoms with van der Waals surface area (Å²) in [6.45, 7) is 4.23. The van der Waals surface area contributed by atoms with Gasteiger partial charge in [0.2, 0.25) is 0 Å². The summed E-state index contributed by atoms with van der Waals surface area (Å²) in [5, 5.41) is 8.31. The summed E-state index contributed by atoms with van der Waals surface area (Å²) < 4.78 is 0. The van der Waals surface area contributed by atoms with Crippen LogP contribution in [0.3, 0.4) is 0 Å². The van der Waals surface area contributed by atoms with Crippen molar-refractivity contribution < 1.29 is 0 Å². The molecule has 0 aliphatic heterocycles. The van der Waals surface area contributed by atoms with Crippen molar-refractivity contribution in [2.24, 2.45) is 11.0 Å². The summed E-state index contributed by atoms with van der Waals surface area (Å²) >= 11 is 5.33. The first-order chi connectivity index (χ1) is 10.1. The second kappa shape index (κ2) is 7.41. The Kier molecular flexibility index (Phi) is 5.56. The molecule has 4 nitrogen and oxygen atoms in total. The predicted octanol–water partition coefficient (Wildman–Crippen LogP) is 3.04. The number of nitrogen functional groups attached to an aromatic ring is 1. The van der Waals surface area contributed by atoms with Crippen molar-refractivity contribution in [1.82, 2.24) is 10.7 Å². The van der Waals surface area contributed by atoms with Gasteiger partial charge >= 0.3 is 0 Å². The number of hydrogen-bond acceptors (Lipinski definition) is 3. The molecular formula is C16H24N4S. The summed E-state index contributed by atoms with van der Waals surface area (Å²) in [5.74, 6) is 0.667. The minimum absolute atomic E-state index is 0.464. The molecule has 1 aromatic carbocycles. The highest BCUT2D eigenvalue weighted by Gasteiger charge is 2.21. The van der Waals surface area contributed by atoms with Crippen molar-refractivity contribution in [3.63, 3.8) is 0 Å². The Morgan fingerprint density at radius 3 is 2.57 bits per heavy atom. The lowest BCUT2D eigenvalue weighted by Gasteiger charge is -2.30. The van der Waals surface area contributed by atoms with E-state index in [1.807, 2.05) is 31.2 Å². The van der Waals surface area contributed by atoms with E-state index in [0.717, 1.165) is 17.0 Å². The molecule has 114 valence electrons. The van der Waals surface area contributed by atoms with Crippen LogP contribution in [0.4, 0.5) is 5.69 Å². The third kappa shape index (κ3) is 4.70. The van der Waals surface area contributed by atoms with E-state index in [2.05, 4.69) is 22.8 Å². The van der Waals surface area contributed by atoms with E-state index in [1.165, 1.54) is 25.7 Å². The maximum Gasteiger partial charge on any atom is 0.187 e. The Bertz CT molecular complexity index is 510. The molecular weight excluding hydrogens is 280 g/mol. The maximum atomic E-state index is 5.68. The third-order valence-corrected chi connectivity index (χ3v) is 4.29. The van der Waals surface area contributed by atoms with Crippen LogP contribution in [-0.2, 0) is 0 Å². The maximum absolute atomic E-state index is 5.68. The van der Waals surface area contributed by atoms with Crippen LogP contribution in [0.25, 0.3) is 0 Å². The SMILES string of the molecule is C/C(=N/NC(=S)N[C@H]1CCCC[C@@H]1C)c1ccc(N)cc1. The minimum Gasteiger partial charge on any atom is -0.399 e. The molecule has 0 saturated heterocycles. The van der Waals surface area contributed by atoms with Gasteiger partial charge in [-0.3, -0.25) is 5.43 Å². The van der Waals surface area contributed by atoms with Crippen molar-refractivity contribution in [2.75, 3.05) is 5.73 Å². The van der Waals surface area contributed by atoms with Crippen LogP contribution in [-0.4, -0.2) is 16.9 Å². The molecule has 0 unspecified atom stereocenters. The fraction of sp³-hybridized carbons (Fsp3) is 0.500. The van der Waals surface area contributed by atoms with E-state index in [4.69, 9.17) is 18.0 Å². The summed E-state index contributed by atoms with van der Waals surface area (Å²) in [7, 11) is 0. The van der Waals surface area contributed by atoms with E-state index in [-0.39, 0.29) is 0 Å². The molecule has 4 N–H and O–H groups in total. The molecule has 1 aliphatic carbocycles. The number of hydrogen-bond donors (Lipinski definition) is 3. The van der Waals surface area contributed by atoms with Crippen LogP contribution in [0.5, 0.6) is 0 Å². The van der Waals surface area contributed by atoms with Crippen LogP contribution in [0.15, 0.2) is 29.4 Å². The monoisotopic (exact) mass is 304 g/mol. The molecule has 0 aromatic heterocycles. The summed E-state index contributed by atoms with van der Waals surface area (Å²) in [6, 6.07) is 8.11. The summed E-state index contributed by atoms with van der Waals surface area (Å²) in [5.41, 5.74) is 11.3. The van der Waals surface area contributed by atoms with Crippen LogP contribution >= 0.6 is 12.2 Å². The van der Waals surface area contributed by atoms with Crippen molar-refractivity contribution >= 4 is 28.7 Å². The van der Waals surface area contributed by atoms with Gasteiger partial charge in [0.05, 0.1) is 5.71 Å². The average molecular weight is 304 g/mol. The molecule has 0 amide bonds. The van der Waals surface area contributed by atoms with Gasteiger partial charge in [-0.25, -0.2) is 0 Å². The van der Waals surface area contributed by atoms with Crippen LogP contribution < -0.4 is 16.5 Å². The molecule has 0 bridgehead atoms. The van der Waals surface area contributed by atoms with Gasteiger partial charge in [0, 0.05) is 11.7 Å². The molecule has 0 heterocycles. The molecule has 1 aliphatic rings. The van der Waals surface area contributed by atoms with Gasteiger partial charge in [-0.1, -0.05) is 31.9 Å². The van der Waals surface area contributed by atoms with E-state index < -0.39 is 0 Å². The zero-order valence-electron chi connectivity index (χ0n) is 12.7. The number of nitrogens with zero attached hydrogens (tertiary/aromatic N) is 1. The van der Waals surface area contributed by atoms with Gasteiger partial charge in [-0.15, -0.1) is 0 Å². The highest BCUT2D eigenvalue weighted by molar-refractivity contribution is 7.80. The third-order valence-electron chi connectivity index (χ3n) is 4.08. The van der Waals surface area contributed by atoms with Crippen molar-refractivity contribution in [2.45, 2.75) is 45.6 Å². The quantitative estimate of drug-likeness (QED) is 0.348. The van der Waals surface area contributed by atoms with Gasteiger partial charge in [-0.2, -0.15) is 5.10 Å². The van der Waals surface area contributed by atoms with Gasteiger partial charge in [0.25, 0.3) is 0 Å². The summed E-state index contributed by atoms with van der Waals surface area (Å²) in [6.07, 6.45) is 5.06. The van der Waals surface area contributed by atoms with Gasteiger partial charge in [-0.05, 0) is 55.6 Å². The molecule has 2 atom stereocenters. The summed E-state index contributed by atoms with van der Waals surface area (Å²) in [4.78, 5) is 0. The zero-order valence-corrected chi connectivity index (χ0v) is 13.5. The smallest absolute Gasteiger partial charge is 0.187 e. The highest BCUT2D eigenvalue weighted by atomic mass is 32.1. The van der Waals surface area contributed by atoms with E-state index >= 15 is 0 Å². The topological polar surface area (TPSA) is 62.4 Å². The lowest BCUT2D eigenvalue weighted by atomic mass is 9.86. The first-order valence-electron chi connectivity index (χ1n) is 7.53. The predicted molar refractivity (Wildman–Crippen MR) is 93.4 cm³/mol. The van der Waals surface area contributed by atoms with E-state index in [9.17, 15) is 0 Å². The van der Waals surface area contributed by atoms with Crippen molar-refractivity contribution in [1.29, 1.82) is 0 Å². The van der Waals surface area contributed by atoms with Crippen molar-refractivity contribution in [3.8, 4) is 0 Å². The Labute approximate surface area is 132 Å². The minimum atomic E-state index is 0.464. The Morgan fingerprint density at radius 2 is 1.90 bits per heavy atom. The number of anilines is 1. The Morgan fingerprint density at radius 1 is 1.24 bits per heavy atom. The fourth-order valence-corrected chi connectivity index (χ4v) is 2.85. The molecule has 5 heteroatoms. The van der Waals surface area contributed by atoms with Crippen LogP contribution in [0.1, 0.15) is 45.1 Å². The highest BCUT2D eigenvalue weighted by Crippen LogP contribution is 2.23. The zero-order chi connectivity index (χ0) is 15.2. The van der Waals surface area contributed by atoms with E-state index in [0.29, 0.717) is 17.1 Å². The average Bonchev–Trinajstić information content (AvgIpc) is 2.48. The number of thiocarbonyl (C=S) groups is 1. The first-order valence-corrected chi connectivity index (χ1v) is 7.94. The molecule has 1 aromatic rings. The Hall–Kier alpha value is -1.62. The Balaban J connectivity index is 1.87. The second-order valence-electron chi connectivity index (χ2n) is 5.77. The molecule has 0 spiro atoms. The number of nitrogens with two attached hydrogens (primary N) is 1. The number of benzene rings is 1. The van der Waals surface area contributed by atoms with Crippen molar-refractivity contribution in [3.05, 3.63) is 29.8 Å². The van der Waals surface area contributed by atoms with Gasteiger partial charge < -0.3 is 11.1 Å². The normalized spacial score (nSPS) is 22.7. The largest absolute Gasteiger partial charge is 0.399 e. The van der Waals surface area contributed by atoms with Crippen LogP contribution in [0.2, 0.25) is 0 Å². The lowest BCUT2D eigenvalue weighted by Crippen LogP contribution is -2.44. The van der Waals surface area contributed by atoms with Gasteiger partial charge in [0.1, 0.15) is 0 Å². The molecule has 21 heavy (non-hydrogen) atoms. The first kappa shape index (κ1) is 15.8.